The Kier molecular flexibility index (Phi) is 10.1. The molecule has 0 unspecified atom stereocenters. The molecule has 0 spiro atoms. The normalized spacial score (nSPS) is 13.6. The van der Waals surface area contributed by atoms with Crippen LogP contribution in [0.15, 0.2) is 47.4 Å². The number of pyridine rings is 2. The number of rotatable bonds is 7. The van der Waals surface area contributed by atoms with Crippen molar-refractivity contribution in [2.75, 3.05) is 12.8 Å². The lowest BCUT2D eigenvalue weighted by Crippen LogP contribution is -2.03. The molecular weight excluding hydrogens is 514 g/mol. The van der Waals surface area contributed by atoms with Gasteiger partial charge in [-0.1, -0.05) is 0 Å². The summed E-state index contributed by atoms with van der Waals surface area (Å²) in [6.45, 7) is 1.98. The molecule has 1 aliphatic rings. The molecule has 3 aromatic rings. The molecule has 1 fully saturated rings. The van der Waals surface area contributed by atoms with E-state index >= 15 is 0 Å². The average Bonchev–Trinajstić information content (AvgIpc) is 3.51. The van der Waals surface area contributed by atoms with E-state index in [9.17, 15) is 12.8 Å². The summed E-state index contributed by atoms with van der Waals surface area (Å²) in [5.41, 5.74) is 8.53. The first kappa shape index (κ1) is 29.1. The van der Waals surface area contributed by atoms with Gasteiger partial charge < -0.3 is 15.0 Å². The maximum Gasteiger partial charge on any atom is 0.192 e. The molecule has 182 valence electrons. The van der Waals surface area contributed by atoms with Crippen LogP contribution in [0.3, 0.4) is 0 Å². The number of aromatic nitrogens is 3. The highest BCUT2D eigenvalue weighted by Crippen LogP contribution is 2.42. The third-order valence-corrected chi connectivity index (χ3v) is 6.09. The van der Waals surface area contributed by atoms with Gasteiger partial charge in [-0.3, -0.25) is 0 Å². The first-order valence-electron chi connectivity index (χ1n) is 9.66. The maximum atomic E-state index is 14.2. The summed E-state index contributed by atoms with van der Waals surface area (Å²) in [5, 5.41) is -0.0304. The van der Waals surface area contributed by atoms with Crippen LogP contribution in [0, 0.1) is 6.92 Å². The van der Waals surface area contributed by atoms with Crippen molar-refractivity contribution in [3.8, 4) is 11.5 Å². The second-order valence-corrected chi connectivity index (χ2v) is 9.43. The van der Waals surface area contributed by atoms with Gasteiger partial charge in [-0.05, 0) is 50.1 Å². The minimum absolute atomic E-state index is 0. The molecule has 0 aromatic carbocycles. The van der Waals surface area contributed by atoms with E-state index in [0.29, 0.717) is 28.6 Å². The van der Waals surface area contributed by atoms with Gasteiger partial charge in [0.1, 0.15) is 17.1 Å². The van der Waals surface area contributed by atoms with Crippen molar-refractivity contribution < 1.29 is 17.5 Å². The van der Waals surface area contributed by atoms with Crippen molar-refractivity contribution in [1.29, 1.82) is 0 Å². The Balaban J connectivity index is 0.00000181. The fourth-order valence-corrected chi connectivity index (χ4v) is 3.93. The summed E-state index contributed by atoms with van der Waals surface area (Å²) in [4.78, 5) is 8.76. The Morgan fingerprint density at radius 1 is 1.24 bits per heavy atom. The van der Waals surface area contributed by atoms with E-state index in [1.54, 1.807) is 10.6 Å². The third-order valence-electron chi connectivity index (χ3n) is 5.09. The molecular formula is C21H26Cl3FN4O3S. The monoisotopic (exact) mass is 538 g/mol. The quantitative estimate of drug-likeness (QED) is 0.459. The summed E-state index contributed by atoms with van der Waals surface area (Å²) >= 11 is 0. The minimum atomic E-state index is -3.40. The molecule has 33 heavy (non-hydrogen) atoms. The van der Waals surface area contributed by atoms with E-state index in [-0.39, 0.29) is 61.2 Å². The number of nitrogens with zero attached hydrogens (tertiary/aromatic N) is 3. The lowest BCUT2D eigenvalue weighted by Gasteiger charge is -2.08. The van der Waals surface area contributed by atoms with Gasteiger partial charge in [0.05, 0.1) is 24.0 Å². The summed E-state index contributed by atoms with van der Waals surface area (Å²) < 4.78 is 45.4. The van der Waals surface area contributed by atoms with E-state index in [4.69, 9.17) is 15.5 Å². The number of hydrogen-bond donors (Lipinski definition) is 1. The number of fused-ring (bicyclic) bond motifs is 1. The Morgan fingerprint density at radius 3 is 2.48 bits per heavy atom. The predicted octanol–water partition coefficient (Wildman–Crippen LogP) is 4.89. The molecule has 0 saturated heterocycles. The molecule has 1 saturated carbocycles. The Labute approximate surface area is 210 Å². The smallest absolute Gasteiger partial charge is 0.192 e. The van der Waals surface area contributed by atoms with Crippen LogP contribution >= 0.6 is 37.2 Å². The van der Waals surface area contributed by atoms with Crippen LogP contribution in [0.2, 0.25) is 0 Å². The topological polar surface area (TPSA) is 100 Å². The fraction of sp³-hybridized carbons (Fsp3) is 0.333. The highest BCUT2D eigenvalue weighted by atomic mass is 35.5. The Hall–Kier alpha value is -1.91. The van der Waals surface area contributed by atoms with Gasteiger partial charge in [-0.25, -0.2) is 22.8 Å². The van der Waals surface area contributed by atoms with Crippen LogP contribution in [0.4, 0.5) is 4.39 Å². The van der Waals surface area contributed by atoms with E-state index < -0.39 is 9.84 Å². The number of nitrogens with two attached hydrogens (primary N) is 1. The van der Waals surface area contributed by atoms with Crippen molar-refractivity contribution >= 4 is 58.1 Å². The summed E-state index contributed by atoms with van der Waals surface area (Å²) in [6, 6.07) is 6.86. The summed E-state index contributed by atoms with van der Waals surface area (Å²) in [5.74, 6) is 0.994. The summed E-state index contributed by atoms with van der Waals surface area (Å²) in [7, 11) is -3.40. The minimum Gasteiger partial charge on any atom is -0.452 e. The van der Waals surface area contributed by atoms with Crippen LogP contribution in [0.25, 0.3) is 11.0 Å². The first-order chi connectivity index (χ1) is 14.3. The van der Waals surface area contributed by atoms with E-state index in [2.05, 4.69) is 4.98 Å². The highest BCUT2D eigenvalue weighted by molar-refractivity contribution is 7.90. The van der Waals surface area contributed by atoms with Crippen LogP contribution < -0.4 is 10.5 Å². The lowest BCUT2D eigenvalue weighted by atomic mass is 10.2. The van der Waals surface area contributed by atoms with Gasteiger partial charge in [-0.2, -0.15) is 0 Å². The van der Waals surface area contributed by atoms with Crippen molar-refractivity contribution in [2.24, 2.45) is 5.73 Å². The van der Waals surface area contributed by atoms with Crippen molar-refractivity contribution in [3.05, 3.63) is 53.8 Å². The number of halogens is 4. The zero-order chi connectivity index (χ0) is 21.5. The molecule has 3 aromatic heterocycles. The molecule has 0 bridgehead atoms. The second kappa shape index (κ2) is 11.5. The van der Waals surface area contributed by atoms with E-state index in [1.807, 2.05) is 19.1 Å². The van der Waals surface area contributed by atoms with Crippen molar-refractivity contribution in [3.63, 3.8) is 0 Å². The predicted molar refractivity (Wildman–Crippen MR) is 134 cm³/mol. The maximum absolute atomic E-state index is 14.2. The van der Waals surface area contributed by atoms with Gasteiger partial charge in [0, 0.05) is 24.4 Å². The molecule has 4 rings (SSSR count). The molecule has 12 heteroatoms. The fourth-order valence-electron chi connectivity index (χ4n) is 3.37. The van der Waals surface area contributed by atoms with Crippen LogP contribution in [-0.2, 0) is 16.4 Å². The van der Waals surface area contributed by atoms with Gasteiger partial charge in [0.15, 0.2) is 20.6 Å². The Bertz CT molecular complexity index is 1240. The van der Waals surface area contributed by atoms with E-state index in [1.165, 1.54) is 18.3 Å². The third kappa shape index (κ3) is 6.36. The number of allylic oxidation sites excluding steroid dienone is 1. The van der Waals surface area contributed by atoms with Crippen LogP contribution in [0.5, 0.6) is 11.5 Å². The van der Waals surface area contributed by atoms with Gasteiger partial charge in [0.2, 0.25) is 0 Å². The Morgan fingerprint density at radius 2 is 1.94 bits per heavy atom. The second-order valence-electron chi connectivity index (χ2n) is 7.47. The first-order valence-corrected chi connectivity index (χ1v) is 11.6. The van der Waals surface area contributed by atoms with E-state index in [0.717, 1.165) is 30.3 Å². The molecule has 0 atom stereocenters. The zero-order valence-electron chi connectivity index (χ0n) is 18.0. The molecule has 0 amide bonds. The average molecular weight is 540 g/mol. The van der Waals surface area contributed by atoms with Gasteiger partial charge in [0.25, 0.3) is 0 Å². The molecule has 2 N–H and O–H groups in total. The van der Waals surface area contributed by atoms with Gasteiger partial charge >= 0.3 is 0 Å². The lowest BCUT2D eigenvalue weighted by molar-refractivity contribution is 0.473. The van der Waals surface area contributed by atoms with Crippen molar-refractivity contribution in [2.45, 2.75) is 37.3 Å². The number of hydrogen-bond acceptors (Lipinski definition) is 6. The van der Waals surface area contributed by atoms with Gasteiger partial charge in [-0.15, -0.1) is 37.2 Å². The molecule has 1 aliphatic carbocycles. The number of ether oxygens (including phenoxy) is 1. The highest BCUT2D eigenvalue weighted by Gasteiger charge is 2.27. The molecule has 0 radical (unpaired) electrons. The standard InChI is InChI=1S/C21H23FN4O3S.3ClH/c1-13-21(29-16-5-8-19(24-11-16)30(2,27)28)20-18(26(13)12-15(22)9-10-23)7-6-17(25-20)14-3-4-14;;;/h5-9,11,14H,3-4,10,12,23H2,1-2H3;3*1H/b15-9-;;;. The SMILES string of the molecule is Cc1c(Oc2ccc(S(C)(=O)=O)nc2)c2nc(C3CC3)ccc2n1C/C(F)=C/CN.Cl.Cl.Cl. The zero-order valence-corrected chi connectivity index (χ0v) is 21.3. The molecule has 7 nitrogen and oxygen atoms in total. The summed E-state index contributed by atoms with van der Waals surface area (Å²) in [6.07, 6.45) is 6.02. The van der Waals surface area contributed by atoms with Crippen LogP contribution in [0.1, 0.15) is 30.1 Å². The molecule has 0 aliphatic heterocycles. The largest absolute Gasteiger partial charge is 0.452 e. The number of sulfone groups is 1. The van der Waals surface area contributed by atoms with Crippen molar-refractivity contribution in [1.82, 2.24) is 14.5 Å². The van der Waals surface area contributed by atoms with Crippen LogP contribution in [-0.4, -0.2) is 35.8 Å². The molecule has 3 heterocycles.